The van der Waals surface area contributed by atoms with Crippen molar-refractivity contribution in [1.29, 1.82) is 0 Å². The number of likely N-dealkylation sites (N-methyl/N-ethyl adjacent to an activating group) is 1. The van der Waals surface area contributed by atoms with Crippen LogP contribution in [-0.4, -0.2) is 22.9 Å². The lowest BCUT2D eigenvalue weighted by Gasteiger charge is -2.11. The molecule has 0 aliphatic heterocycles. The highest BCUT2D eigenvalue weighted by Gasteiger charge is 2.06. The molecule has 0 amide bonds. The molecule has 0 saturated heterocycles. The molecule has 72 valence electrons. The molecule has 1 N–H and O–H groups in total. The lowest BCUT2D eigenvalue weighted by molar-refractivity contribution is 0.554. The second kappa shape index (κ2) is 4.82. The lowest BCUT2D eigenvalue weighted by Crippen LogP contribution is -2.27. The molecule has 1 rings (SSSR count). The lowest BCUT2D eigenvalue weighted by atomic mass is 10.1. The van der Waals surface area contributed by atoms with E-state index in [1.54, 1.807) is 0 Å². The smallest absolute Gasteiger partial charge is 0.0640 e. The first-order chi connectivity index (χ1) is 6.26. The van der Waals surface area contributed by atoms with Crippen molar-refractivity contribution in [3.05, 3.63) is 30.6 Å². The maximum atomic E-state index is 4.32. The van der Waals surface area contributed by atoms with E-state index in [0.717, 1.165) is 18.5 Å². The highest BCUT2D eigenvalue weighted by molar-refractivity contribution is 5.01. The predicted octanol–water partition coefficient (Wildman–Crippen LogP) is 1.13. The Hall–Kier alpha value is -1.09. The molecule has 1 aromatic rings. The summed E-state index contributed by atoms with van der Waals surface area (Å²) in [7, 11) is 3.91. The Labute approximate surface area is 79.5 Å². The summed E-state index contributed by atoms with van der Waals surface area (Å²) < 4.78 is 1.83. The molecule has 0 radical (unpaired) electrons. The molecule has 1 aromatic heterocycles. The molecule has 0 aromatic carbocycles. The summed E-state index contributed by atoms with van der Waals surface area (Å²) in [6, 6.07) is 2.50. The second-order valence-corrected chi connectivity index (χ2v) is 3.19. The first-order valence-corrected chi connectivity index (χ1v) is 4.53. The SMILES string of the molecule is C=CCC(Cc1ccn(C)n1)NC. The van der Waals surface area contributed by atoms with Crippen LogP contribution in [0.1, 0.15) is 12.1 Å². The molecule has 13 heavy (non-hydrogen) atoms. The summed E-state index contributed by atoms with van der Waals surface area (Å²) >= 11 is 0. The molecule has 0 aliphatic carbocycles. The number of rotatable bonds is 5. The Balaban J connectivity index is 2.50. The fourth-order valence-corrected chi connectivity index (χ4v) is 1.33. The summed E-state index contributed by atoms with van der Waals surface area (Å²) in [6.07, 6.45) is 5.84. The van der Waals surface area contributed by atoms with Crippen LogP contribution < -0.4 is 5.32 Å². The third-order valence-corrected chi connectivity index (χ3v) is 2.08. The fourth-order valence-electron chi connectivity index (χ4n) is 1.33. The molecule has 0 spiro atoms. The number of hydrogen-bond donors (Lipinski definition) is 1. The van der Waals surface area contributed by atoms with E-state index in [2.05, 4.69) is 17.0 Å². The normalized spacial score (nSPS) is 12.8. The summed E-state index contributed by atoms with van der Waals surface area (Å²) in [6.45, 7) is 3.73. The van der Waals surface area contributed by atoms with Gasteiger partial charge in [-0.3, -0.25) is 4.68 Å². The van der Waals surface area contributed by atoms with Gasteiger partial charge in [-0.05, 0) is 19.5 Å². The van der Waals surface area contributed by atoms with Gasteiger partial charge in [0.1, 0.15) is 0 Å². The third kappa shape index (κ3) is 3.03. The minimum absolute atomic E-state index is 0.451. The van der Waals surface area contributed by atoms with E-state index in [-0.39, 0.29) is 0 Å². The van der Waals surface area contributed by atoms with Crippen molar-refractivity contribution in [1.82, 2.24) is 15.1 Å². The first-order valence-electron chi connectivity index (χ1n) is 4.53. The predicted molar refractivity (Wildman–Crippen MR) is 54.6 cm³/mol. The standard InChI is InChI=1S/C10H17N3/c1-4-5-9(11-2)8-10-6-7-13(3)12-10/h4,6-7,9,11H,1,5,8H2,2-3H3. The molecular formula is C10H17N3. The van der Waals surface area contributed by atoms with E-state index >= 15 is 0 Å². The van der Waals surface area contributed by atoms with E-state index in [1.165, 1.54) is 0 Å². The van der Waals surface area contributed by atoms with E-state index < -0.39 is 0 Å². The zero-order valence-electron chi connectivity index (χ0n) is 8.33. The average molecular weight is 179 g/mol. The van der Waals surface area contributed by atoms with Crippen molar-refractivity contribution in [2.45, 2.75) is 18.9 Å². The Morgan fingerprint density at radius 2 is 2.54 bits per heavy atom. The number of hydrogen-bond acceptors (Lipinski definition) is 2. The van der Waals surface area contributed by atoms with Gasteiger partial charge < -0.3 is 5.32 Å². The van der Waals surface area contributed by atoms with Gasteiger partial charge in [-0.1, -0.05) is 6.08 Å². The molecule has 0 aliphatic rings. The Morgan fingerprint density at radius 3 is 3.00 bits per heavy atom. The summed E-state index contributed by atoms with van der Waals surface area (Å²) in [5.74, 6) is 0. The molecule has 1 heterocycles. The number of aromatic nitrogens is 2. The van der Waals surface area contributed by atoms with Crippen LogP contribution in [0.5, 0.6) is 0 Å². The summed E-state index contributed by atoms with van der Waals surface area (Å²) in [5.41, 5.74) is 1.13. The minimum Gasteiger partial charge on any atom is -0.316 e. The van der Waals surface area contributed by atoms with Gasteiger partial charge in [-0.15, -0.1) is 6.58 Å². The van der Waals surface area contributed by atoms with Crippen LogP contribution in [0.4, 0.5) is 0 Å². The van der Waals surface area contributed by atoms with Crippen molar-refractivity contribution >= 4 is 0 Å². The van der Waals surface area contributed by atoms with Crippen LogP contribution in [0.3, 0.4) is 0 Å². The molecule has 0 saturated carbocycles. The maximum Gasteiger partial charge on any atom is 0.0640 e. The quantitative estimate of drug-likeness (QED) is 0.687. The monoisotopic (exact) mass is 179 g/mol. The molecule has 1 atom stereocenters. The van der Waals surface area contributed by atoms with Gasteiger partial charge in [-0.2, -0.15) is 5.10 Å². The Kier molecular flexibility index (Phi) is 3.71. The maximum absolute atomic E-state index is 4.32. The van der Waals surface area contributed by atoms with Crippen LogP contribution in [0.2, 0.25) is 0 Å². The van der Waals surface area contributed by atoms with Crippen LogP contribution in [0.25, 0.3) is 0 Å². The second-order valence-electron chi connectivity index (χ2n) is 3.19. The van der Waals surface area contributed by atoms with Gasteiger partial charge in [0.15, 0.2) is 0 Å². The average Bonchev–Trinajstić information content (AvgIpc) is 2.50. The molecule has 1 unspecified atom stereocenters. The Morgan fingerprint density at radius 1 is 1.77 bits per heavy atom. The van der Waals surface area contributed by atoms with Gasteiger partial charge in [0.25, 0.3) is 0 Å². The largest absolute Gasteiger partial charge is 0.316 e. The van der Waals surface area contributed by atoms with Crippen LogP contribution in [-0.2, 0) is 13.5 Å². The number of aryl methyl sites for hydroxylation is 1. The van der Waals surface area contributed by atoms with Gasteiger partial charge in [-0.25, -0.2) is 0 Å². The summed E-state index contributed by atoms with van der Waals surface area (Å²) in [4.78, 5) is 0. The van der Waals surface area contributed by atoms with Crippen LogP contribution >= 0.6 is 0 Å². The van der Waals surface area contributed by atoms with Crippen LogP contribution in [0, 0.1) is 0 Å². The number of nitrogens with one attached hydrogen (secondary N) is 1. The molecule has 3 nitrogen and oxygen atoms in total. The van der Waals surface area contributed by atoms with Gasteiger partial charge in [0.05, 0.1) is 5.69 Å². The minimum atomic E-state index is 0.451. The molecular weight excluding hydrogens is 162 g/mol. The highest BCUT2D eigenvalue weighted by atomic mass is 15.2. The number of nitrogens with zero attached hydrogens (tertiary/aromatic N) is 2. The van der Waals surface area contributed by atoms with Crippen molar-refractivity contribution in [3.8, 4) is 0 Å². The summed E-state index contributed by atoms with van der Waals surface area (Å²) in [5, 5.41) is 7.56. The molecule has 0 bridgehead atoms. The molecule has 0 fully saturated rings. The van der Waals surface area contributed by atoms with E-state index in [4.69, 9.17) is 0 Å². The fraction of sp³-hybridized carbons (Fsp3) is 0.500. The third-order valence-electron chi connectivity index (χ3n) is 2.08. The van der Waals surface area contributed by atoms with Crippen molar-refractivity contribution < 1.29 is 0 Å². The topological polar surface area (TPSA) is 29.9 Å². The van der Waals surface area contributed by atoms with Gasteiger partial charge in [0, 0.05) is 25.7 Å². The first kappa shape index (κ1) is 9.99. The Bertz CT molecular complexity index is 265. The van der Waals surface area contributed by atoms with Gasteiger partial charge in [0.2, 0.25) is 0 Å². The van der Waals surface area contributed by atoms with E-state index in [1.807, 2.05) is 37.1 Å². The van der Waals surface area contributed by atoms with E-state index in [9.17, 15) is 0 Å². The molecule has 3 heteroatoms. The van der Waals surface area contributed by atoms with Crippen molar-refractivity contribution in [2.24, 2.45) is 7.05 Å². The zero-order valence-corrected chi connectivity index (χ0v) is 8.33. The zero-order chi connectivity index (χ0) is 9.68. The van der Waals surface area contributed by atoms with Crippen molar-refractivity contribution in [3.63, 3.8) is 0 Å². The van der Waals surface area contributed by atoms with Gasteiger partial charge >= 0.3 is 0 Å². The van der Waals surface area contributed by atoms with Crippen LogP contribution in [0.15, 0.2) is 24.9 Å². The van der Waals surface area contributed by atoms with E-state index in [0.29, 0.717) is 6.04 Å². The highest BCUT2D eigenvalue weighted by Crippen LogP contribution is 2.02. The van der Waals surface area contributed by atoms with Crippen molar-refractivity contribution in [2.75, 3.05) is 7.05 Å².